The van der Waals surface area contributed by atoms with Crippen molar-refractivity contribution < 1.29 is 28.5 Å². The lowest BCUT2D eigenvalue weighted by Gasteiger charge is -2.19. The molecule has 1 heterocycles. The van der Waals surface area contributed by atoms with Gasteiger partial charge in [-0.3, -0.25) is 9.59 Å². The van der Waals surface area contributed by atoms with Crippen LogP contribution in [-0.4, -0.2) is 31.8 Å². The molecule has 0 saturated heterocycles. The van der Waals surface area contributed by atoms with E-state index < -0.39 is 5.97 Å². The van der Waals surface area contributed by atoms with Gasteiger partial charge in [0.15, 0.2) is 23.9 Å². The number of benzene rings is 2. The molecule has 0 N–H and O–H groups in total. The Morgan fingerprint density at radius 3 is 2.43 bits per heavy atom. The van der Waals surface area contributed by atoms with Crippen LogP contribution in [0.1, 0.15) is 43.1 Å². The van der Waals surface area contributed by atoms with Gasteiger partial charge >= 0.3 is 5.97 Å². The van der Waals surface area contributed by atoms with E-state index in [9.17, 15) is 9.59 Å². The van der Waals surface area contributed by atoms with Crippen molar-refractivity contribution in [2.24, 2.45) is 0 Å². The molecule has 1 aliphatic rings. The molecule has 0 unspecified atom stereocenters. The molecule has 6 heteroatoms. The summed E-state index contributed by atoms with van der Waals surface area (Å²) in [6.45, 7) is 6.43. The summed E-state index contributed by atoms with van der Waals surface area (Å²) in [5.74, 6) is 1.02. The topological polar surface area (TPSA) is 71.1 Å². The lowest BCUT2D eigenvalue weighted by Crippen LogP contribution is -2.16. The minimum atomic E-state index is -0.486. The van der Waals surface area contributed by atoms with Gasteiger partial charge in [-0.25, -0.2) is 0 Å². The summed E-state index contributed by atoms with van der Waals surface area (Å²) in [6.07, 6.45) is 0.0649. The van der Waals surface area contributed by atoms with Crippen LogP contribution < -0.4 is 14.2 Å². The molecular weight excluding hydrogens is 360 g/mol. The van der Waals surface area contributed by atoms with E-state index in [1.165, 1.54) is 5.56 Å². The molecule has 0 aromatic heterocycles. The Hall–Kier alpha value is -3.02. The number of carbonyl (C=O) groups is 2. The molecule has 1 aliphatic heterocycles. The van der Waals surface area contributed by atoms with Gasteiger partial charge in [-0.1, -0.05) is 32.9 Å². The molecule has 28 heavy (non-hydrogen) atoms. The SMILES string of the molecule is CC(C)(C)c1ccc(OCCC(=O)OCC(=O)c2ccc3c(c2)OCO3)cc1. The molecule has 0 spiro atoms. The lowest BCUT2D eigenvalue weighted by molar-refractivity contribution is -0.143. The first-order valence-electron chi connectivity index (χ1n) is 9.15. The van der Waals surface area contributed by atoms with E-state index in [-0.39, 0.29) is 37.6 Å². The van der Waals surface area contributed by atoms with Gasteiger partial charge < -0.3 is 18.9 Å². The summed E-state index contributed by atoms with van der Waals surface area (Å²) < 4.78 is 21.0. The number of rotatable bonds is 7. The fourth-order valence-electron chi connectivity index (χ4n) is 2.67. The number of hydrogen-bond acceptors (Lipinski definition) is 6. The van der Waals surface area contributed by atoms with Crippen LogP contribution in [-0.2, 0) is 14.9 Å². The molecular formula is C22H24O6. The number of carbonyl (C=O) groups excluding carboxylic acids is 2. The lowest BCUT2D eigenvalue weighted by atomic mass is 9.87. The van der Waals surface area contributed by atoms with Crippen molar-refractivity contribution in [1.29, 1.82) is 0 Å². The summed E-state index contributed by atoms with van der Waals surface area (Å²) in [5, 5.41) is 0. The van der Waals surface area contributed by atoms with Gasteiger partial charge in [0, 0.05) is 5.56 Å². The van der Waals surface area contributed by atoms with Crippen LogP contribution in [0.2, 0.25) is 0 Å². The van der Waals surface area contributed by atoms with E-state index in [2.05, 4.69) is 20.8 Å². The molecule has 2 aromatic rings. The second-order valence-corrected chi connectivity index (χ2v) is 7.52. The van der Waals surface area contributed by atoms with Crippen LogP contribution in [0, 0.1) is 0 Å². The normalized spacial score (nSPS) is 12.5. The molecule has 6 nitrogen and oxygen atoms in total. The fourth-order valence-corrected chi connectivity index (χ4v) is 2.67. The van der Waals surface area contributed by atoms with Gasteiger partial charge in [-0.15, -0.1) is 0 Å². The Kier molecular flexibility index (Phi) is 5.87. The maximum absolute atomic E-state index is 12.2. The second kappa shape index (κ2) is 8.33. The molecule has 0 bridgehead atoms. The van der Waals surface area contributed by atoms with Crippen LogP contribution in [0.15, 0.2) is 42.5 Å². The van der Waals surface area contributed by atoms with Gasteiger partial charge in [0.25, 0.3) is 0 Å². The van der Waals surface area contributed by atoms with Crippen LogP contribution in [0.3, 0.4) is 0 Å². The zero-order valence-corrected chi connectivity index (χ0v) is 16.3. The van der Waals surface area contributed by atoms with Crippen molar-refractivity contribution in [3.05, 3.63) is 53.6 Å². The second-order valence-electron chi connectivity index (χ2n) is 7.52. The summed E-state index contributed by atoms with van der Waals surface area (Å²) in [5.41, 5.74) is 1.70. The van der Waals surface area contributed by atoms with Crippen molar-refractivity contribution in [3.63, 3.8) is 0 Å². The standard InChI is InChI=1S/C22H24O6/c1-22(2,3)16-5-7-17(8-6-16)25-11-10-21(24)26-13-18(23)15-4-9-19-20(12-15)28-14-27-19/h4-9,12H,10-11,13-14H2,1-3H3. The van der Waals surface area contributed by atoms with Crippen molar-refractivity contribution in [2.45, 2.75) is 32.6 Å². The Morgan fingerprint density at radius 1 is 1.00 bits per heavy atom. The predicted octanol–water partition coefficient (Wildman–Crippen LogP) is 3.91. The minimum Gasteiger partial charge on any atom is -0.493 e. The molecule has 0 aliphatic carbocycles. The maximum atomic E-state index is 12.2. The third kappa shape index (κ3) is 5.03. The van der Waals surface area contributed by atoms with E-state index in [0.29, 0.717) is 22.8 Å². The average Bonchev–Trinajstić information content (AvgIpc) is 3.13. The summed E-state index contributed by atoms with van der Waals surface area (Å²) >= 11 is 0. The number of fused-ring (bicyclic) bond motifs is 1. The maximum Gasteiger partial charge on any atom is 0.309 e. The first kappa shape index (κ1) is 19.7. The Balaban J connectivity index is 1.40. The highest BCUT2D eigenvalue weighted by Crippen LogP contribution is 2.32. The van der Waals surface area contributed by atoms with E-state index in [0.717, 1.165) is 0 Å². The number of esters is 1. The molecule has 3 rings (SSSR count). The summed E-state index contributed by atoms with van der Waals surface area (Å²) in [4.78, 5) is 24.0. The highest BCUT2D eigenvalue weighted by Gasteiger charge is 2.17. The largest absolute Gasteiger partial charge is 0.493 e. The van der Waals surface area contributed by atoms with Crippen LogP contribution in [0.25, 0.3) is 0 Å². The Labute approximate surface area is 164 Å². The number of hydrogen-bond donors (Lipinski definition) is 0. The molecule has 0 amide bonds. The van der Waals surface area contributed by atoms with E-state index in [1.807, 2.05) is 24.3 Å². The van der Waals surface area contributed by atoms with Crippen molar-refractivity contribution in [3.8, 4) is 17.2 Å². The monoisotopic (exact) mass is 384 g/mol. The molecule has 0 saturated carbocycles. The first-order chi connectivity index (χ1) is 13.3. The third-order valence-electron chi connectivity index (χ3n) is 4.35. The zero-order valence-electron chi connectivity index (χ0n) is 16.3. The van der Waals surface area contributed by atoms with E-state index in [4.69, 9.17) is 18.9 Å². The molecule has 148 valence electrons. The highest BCUT2D eigenvalue weighted by atomic mass is 16.7. The van der Waals surface area contributed by atoms with Gasteiger partial charge in [0.1, 0.15) is 5.75 Å². The zero-order chi connectivity index (χ0) is 20.1. The van der Waals surface area contributed by atoms with E-state index >= 15 is 0 Å². The predicted molar refractivity (Wildman–Crippen MR) is 103 cm³/mol. The van der Waals surface area contributed by atoms with Gasteiger partial charge in [0.2, 0.25) is 6.79 Å². The number of Topliss-reactive ketones (excluding diaryl/α,β-unsaturated/α-hetero) is 1. The van der Waals surface area contributed by atoms with Crippen LogP contribution in [0.4, 0.5) is 0 Å². The number of ketones is 1. The smallest absolute Gasteiger partial charge is 0.309 e. The van der Waals surface area contributed by atoms with Gasteiger partial charge in [0.05, 0.1) is 13.0 Å². The quantitative estimate of drug-likeness (QED) is 0.532. The van der Waals surface area contributed by atoms with Crippen molar-refractivity contribution in [1.82, 2.24) is 0 Å². The fraction of sp³-hybridized carbons (Fsp3) is 0.364. The first-order valence-corrected chi connectivity index (χ1v) is 9.15. The van der Waals surface area contributed by atoms with Crippen LogP contribution >= 0.6 is 0 Å². The average molecular weight is 384 g/mol. The summed E-state index contributed by atoms with van der Waals surface area (Å²) in [6, 6.07) is 12.7. The third-order valence-corrected chi connectivity index (χ3v) is 4.35. The number of ether oxygens (including phenoxy) is 4. The highest BCUT2D eigenvalue weighted by molar-refractivity contribution is 5.98. The Morgan fingerprint density at radius 2 is 1.71 bits per heavy atom. The van der Waals surface area contributed by atoms with Gasteiger partial charge in [-0.2, -0.15) is 0 Å². The molecule has 2 aromatic carbocycles. The van der Waals surface area contributed by atoms with Crippen molar-refractivity contribution >= 4 is 11.8 Å². The molecule has 0 fully saturated rings. The Bertz CT molecular complexity index is 848. The van der Waals surface area contributed by atoms with Gasteiger partial charge in [-0.05, 0) is 41.3 Å². The summed E-state index contributed by atoms with van der Waals surface area (Å²) in [7, 11) is 0. The minimum absolute atomic E-state index is 0.0649. The van der Waals surface area contributed by atoms with Crippen molar-refractivity contribution in [2.75, 3.05) is 20.0 Å². The van der Waals surface area contributed by atoms with Crippen LogP contribution in [0.5, 0.6) is 17.2 Å². The molecule has 0 radical (unpaired) electrons. The molecule has 0 atom stereocenters. The van der Waals surface area contributed by atoms with E-state index in [1.54, 1.807) is 18.2 Å².